The number of hydrogen-bond acceptors (Lipinski definition) is 2. The minimum atomic E-state index is -0.486. The Labute approximate surface area is 73.7 Å². The van der Waals surface area contributed by atoms with E-state index in [2.05, 4.69) is 0 Å². The fourth-order valence-corrected chi connectivity index (χ4v) is 0.738. The first kappa shape index (κ1) is 11.4. The molecule has 0 saturated carbocycles. The van der Waals surface area contributed by atoms with Crippen molar-refractivity contribution in [3.63, 3.8) is 0 Å². The molecule has 0 bridgehead atoms. The largest absolute Gasteiger partial charge is 0.460 e. The summed E-state index contributed by atoms with van der Waals surface area (Å²) in [5.74, 6) is -0.857. The third-order valence-electron chi connectivity index (χ3n) is 1.43. The van der Waals surface area contributed by atoms with Crippen molar-refractivity contribution in [2.45, 2.75) is 39.7 Å². The molecule has 0 amide bonds. The lowest BCUT2D eigenvalue weighted by Crippen LogP contribution is -2.29. The Morgan fingerprint density at radius 3 is 2.17 bits per heavy atom. The third kappa shape index (κ3) is 4.34. The summed E-state index contributed by atoms with van der Waals surface area (Å²) in [6.45, 7) is 6.81. The molecule has 0 saturated heterocycles. The fourth-order valence-electron chi connectivity index (χ4n) is 0.738. The van der Waals surface area contributed by atoms with Gasteiger partial charge in [0.25, 0.3) is 0 Å². The molecule has 1 atom stereocenters. The zero-order valence-electron chi connectivity index (χ0n) is 8.22. The highest BCUT2D eigenvalue weighted by Crippen LogP contribution is 2.12. The summed E-state index contributed by atoms with van der Waals surface area (Å²) in [4.78, 5) is 11.2. The summed E-state index contributed by atoms with van der Waals surface area (Å²) < 4.78 is 5.04. The molecule has 0 spiro atoms. The Bertz CT molecular complexity index is 142. The average Bonchev–Trinajstić information content (AvgIpc) is 1.85. The fraction of sp³-hybridized carbons (Fsp3) is 0.889. The second-order valence-corrected chi connectivity index (χ2v) is 3.81. The smallest absolute Gasteiger partial charge is 0.311 e. The molecule has 12 heavy (non-hydrogen) atoms. The number of rotatable bonds is 3. The van der Waals surface area contributed by atoms with E-state index in [0.29, 0.717) is 6.42 Å². The van der Waals surface area contributed by atoms with Crippen LogP contribution >= 0.6 is 0 Å². The zero-order chi connectivity index (χ0) is 9.78. The van der Waals surface area contributed by atoms with E-state index in [9.17, 15) is 9.90 Å². The van der Waals surface area contributed by atoms with Gasteiger partial charge in [0.15, 0.2) is 0 Å². The number of ether oxygens (including phenoxy) is 1. The van der Waals surface area contributed by atoms with Gasteiger partial charge in [0.1, 0.15) is 5.60 Å². The van der Waals surface area contributed by atoms with E-state index in [1.54, 1.807) is 20.8 Å². The normalized spacial score (nSPS) is 14.1. The van der Waals surface area contributed by atoms with Crippen molar-refractivity contribution in [1.82, 2.24) is 0 Å². The first-order valence-electron chi connectivity index (χ1n) is 4.21. The molecule has 0 N–H and O–H groups in total. The van der Waals surface area contributed by atoms with Gasteiger partial charge in [-0.15, -0.1) is 0 Å². The van der Waals surface area contributed by atoms with Gasteiger partial charge in [-0.05, 0) is 27.2 Å². The Morgan fingerprint density at radius 2 is 1.92 bits per heavy atom. The molecule has 0 aliphatic carbocycles. The lowest BCUT2D eigenvalue weighted by atomic mass is 10.1. The van der Waals surface area contributed by atoms with Crippen molar-refractivity contribution >= 4 is 5.97 Å². The van der Waals surface area contributed by atoms with E-state index < -0.39 is 11.5 Å². The molecule has 3 nitrogen and oxygen atoms in total. The minimum Gasteiger partial charge on any atom is -0.460 e. The van der Waals surface area contributed by atoms with Crippen LogP contribution in [0.5, 0.6) is 0 Å². The van der Waals surface area contributed by atoms with Gasteiger partial charge < -0.3 is 4.74 Å². The van der Waals surface area contributed by atoms with Crippen LogP contribution in [0, 0.1) is 5.92 Å². The molecule has 71 valence electrons. The van der Waals surface area contributed by atoms with Gasteiger partial charge in [-0.3, -0.25) is 4.79 Å². The van der Waals surface area contributed by atoms with E-state index in [-0.39, 0.29) is 12.6 Å². The van der Waals surface area contributed by atoms with Crippen molar-refractivity contribution < 1.29 is 14.6 Å². The van der Waals surface area contributed by atoms with Crippen LogP contribution in [0.1, 0.15) is 34.1 Å². The van der Waals surface area contributed by atoms with Gasteiger partial charge in [0, 0.05) is 0 Å². The van der Waals surface area contributed by atoms with Gasteiger partial charge in [-0.1, -0.05) is 6.92 Å². The van der Waals surface area contributed by atoms with E-state index in [1.165, 1.54) is 0 Å². The molecule has 3 heteroatoms. The maximum absolute atomic E-state index is 11.2. The molecule has 0 aliphatic heterocycles. The average molecular weight is 173 g/mol. The molecule has 0 rings (SSSR count). The summed E-state index contributed by atoms with van der Waals surface area (Å²) in [6, 6.07) is 0. The molecule has 1 unspecified atom stereocenters. The Morgan fingerprint density at radius 1 is 1.42 bits per heavy atom. The Balaban J connectivity index is 4.02. The first-order valence-corrected chi connectivity index (χ1v) is 4.21. The molecule has 0 aromatic rings. The van der Waals surface area contributed by atoms with Crippen molar-refractivity contribution in [2.75, 3.05) is 6.61 Å². The van der Waals surface area contributed by atoms with Crippen LogP contribution in [0.2, 0.25) is 0 Å². The summed E-state index contributed by atoms with van der Waals surface area (Å²) in [6.07, 6.45) is 0.554. The molecule has 0 fully saturated rings. The second-order valence-electron chi connectivity index (χ2n) is 3.81. The van der Waals surface area contributed by atoms with Gasteiger partial charge in [-0.2, -0.15) is 0 Å². The molecule has 0 heterocycles. The highest BCUT2D eigenvalue weighted by molar-refractivity contribution is 5.72. The van der Waals surface area contributed by atoms with Crippen LogP contribution < -0.4 is 0 Å². The van der Waals surface area contributed by atoms with E-state index in [0.717, 1.165) is 0 Å². The maximum Gasteiger partial charge on any atom is 0.311 e. The molecule has 0 aliphatic rings. The quantitative estimate of drug-likeness (QED) is 0.611. The van der Waals surface area contributed by atoms with E-state index in [4.69, 9.17) is 4.74 Å². The monoisotopic (exact) mass is 173 g/mol. The zero-order valence-corrected chi connectivity index (χ0v) is 8.22. The van der Waals surface area contributed by atoms with Crippen LogP contribution in [0.25, 0.3) is 0 Å². The number of carbonyl (C=O) groups excluding carboxylic acids is 1. The molecular formula is C9H17O3. The summed E-state index contributed by atoms with van der Waals surface area (Å²) in [5, 5.41) is 10.5. The number of carbonyl (C=O) groups is 1. The van der Waals surface area contributed by atoms with Gasteiger partial charge in [-0.25, -0.2) is 5.11 Å². The van der Waals surface area contributed by atoms with Crippen molar-refractivity contribution in [3.8, 4) is 0 Å². The maximum atomic E-state index is 11.2. The van der Waals surface area contributed by atoms with Crippen LogP contribution in [0.4, 0.5) is 0 Å². The standard InChI is InChI=1S/C9H17O3/c1-5-7(6-10)8(11)12-9(2,3)4/h7H,5-6H2,1-4H3. The van der Waals surface area contributed by atoms with Gasteiger partial charge in [0.2, 0.25) is 0 Å². The highest BCUT2D eigenvalue weighted by atomic mass is 16.6. The van der Waals surface area contributed by atoms with Crippen LogP contribution in [-0.2, 0) is 14.6 Å². The lowest BCUT2D eigenvalue weighted by Gasteiger charge is -2.22. The molecule has 1 radical (unpaired) electrons. The van der Waals surface area contributed by atoms with Crippen LogP contribution in [-0.4, -0.2) is 18.2 Å². The van der Waals surface area contributed by atoms with Crippen molar-refractivity contribution in [2.24, 2.45) is 5.92 Å². The van der Waals surface area contributed by atoms with Crippen LogP contribution in [0.3, 0.4) is 0 Å². The van der Waals surface area contributed by atoms with Gasteiger partial charge >= 0.3 is 5.97 Å². The van der Waals surface area contributed by atoms with E-state index in [1.807, 2.05) is 6.92 Å². The predicted octanol–water partition coefficient (Wildman–Crippen LogP) is 1.78. The molecular weight excluding hydrogens is 156 g/mol. The summed E-state index contributed by atoms with van der Waals surface area (Å²) in [5.41, 5.74) is -0.486. The van der Waals surface area contributed by atoms with Crippen LogP contribution in [0.15, 0.2) is 0 Å². The SMILES string of the molecule is CCC(C[O])C(=O)OC(C)(C)C. The summed E-state index contributed by atoms with van der Waals surface area (Å²) >= 11 is 0. The highest BCUT2D eigenvalue weighted by Gasteiger charge is 2.23. The molecule has 0 aromatic heterocycles. The van der Waals surface area contributed by atoms with Crippen molar-refractivity contribution in [1.29, 1.82) is 0 Å². The first-order chi connectivity index (χ1) is 5.40. The second kappa shape index (κ2) is 4.45. The minimum absolute atomic E-state index is 0.375. The number of hydrogen-bond donors (Lipinski definition) is 0. The number of esters is 1. The molecule has 0 aromatic carbocycles. The third-order valence-corrected chi connectivity index (χ3v) is 1.43. The van der Waals surface area contributed by atoms with Gasteiger partial charge in [0.05, 0.1) is 12.5 Å². The topological polar surface area (TPSA) is 46.2 Å². The van der Waals surface area contributed by atoms with E-state index >= 15 is 0 Å². The Hall–Kier alpha value is -0.570. The lowest BCUT2D eigenvalue weighted by molar-refractivity contribution is -0.162. The Kier molecular flexibility index (Phi) is 4.24. The van der Waals surface area contributed by atoms with Crippen molar-refractivity contribution in [3.05, 3.63) is 0 Å². The predicted molar refractivity (Wildman–Crippen MR) is 45.2 cm³/mol. The summed E-state index contributed by atoms with van der Waals surface area (Å²) in [7, 11) is 0.